The summed E-state index contributed by atoms with van der Waals surface area (Å²) in [7, 11) is 0. The first-order valence-corrected chi connectivity index (χ1v) is 8.62. The van der Waals surface area contributed by atoms with Gasteiger partial charge in [0.05, 0.1) is 12.5 Å². The van der Waals surface area contributed by atoms with E-state index in [9.17, 15) is 4.79 Å². The number of hydrogen-bond donors (Lipinski definition) is 1. The number of aliphatic carboxylic acids is 1. The molecule has 1 aliphatic carbocycles. The lowest BCUT2D eigenvalue weighted by molar-refractivity contribution is -0.141. The number of ether oxygens (including phenoxy) is 2. The lowest BCUT2D eigenvalue weighted by Crippen LogP contribution is -2.37. The molecule has 2 aromatic rings. The Bertz CT molecular complexity index is 698. The second kappa shape index (κ2) is 8.01. The molecule has 1 heterocycles. The van der Waals surface area contributed by atoms with Crippen LogP contribution >= 0.6 is 0 Å². The van der Waals surface area contributed by atoms with Crippen LogP contribution in [-0.4, -0.2) is 28.8 Å². The molecule has 5 heteroatoms. The molecule has 0 saturated heterocycles. The molecule has 0 aliphatic heterocycles. The predicted octanol–water partition coefficient (Wildman–Crippen LogP) is 3.58. The molecule has 0 bridgehead atoms. The molecule has 1 aromatic carbocycles. The second-order valence-corrected chi connectivity index (χ2v) is 6.65. The van der Waals surface area contributed by atoms with Gasteiger partial charge >= 0.3 is 5.97 Å². The molecule has 1 aromatic heterocycles. The molecular formula is C20H23NO4. The molecule has 1 N–H and O–H groups in total. The number of carboxylic acids is 1. The molecule has 0 amide bonds. The van der Waals surface area contributed by atoms with E-state index in [1.807, 2.05) is 42.5 Å². The first-order valence-electron chi connectivity index (χ1n) is 8.62. The SMILES string of the molecule is CC(Cc1cccc(OCC2CC(Oc3ccccn3)C2)c1)C(=O)O. The number of benzene rings is 1. The van der Waals surface area contributed by atoms with E-state index < -0.39 is 11.9 Å². The fraction of sp³-hybridized carbons (Fsp3) is 0.400. The Morgan fingerprint density at radius 1 is 1.28 bits per heavy atom. The van der Waals surface area contributed by atoms with Gasteiger partial charge in [-0.25, -0.2) is 4.98 Å². The van der Waals surface area contributed by atoms with Crippen molar-refractivity contribution in [1.29, 1.82) is 0 Å². The van der Waals surface area contributed by atoms with Crippen LogP contribution in [0, 0.1) is 11.8 Å². The first kappa shape index (κ1) is 17.3. The third kappa shape index (κ3) is 4.95. The van der Waals surface area contributed by atoms with Gasteiger partial charge in [-0.2, -0.15) is 0 Å². The van der Waals surface area contributed by atoms with Crippen molar-refractivity contribution >= 4 is 5.97 Å². The Labute approximate surface area is 147 Å². The van der Waals surface area contributed by atoms with Crippen LogP contribution in [0.2, 0.25) is 0 Å². The van der Waals surface area contributed by atoms with E-state index >= 15 is 0 Å². The number of aromatic nitrogens is 1. The molecular weight excluding hydrogens is 318 g/mol. The van der Waals surface area contributed by atoms with Crippen molar-refractivity contribution < 1.29 is 19.4 Å². The summed E-state index contributed by atoms with van der Waals surface area (Å²) >= 11 is 0. The second-order valence-electron chi connectivity index (χ2n) is 6.65. The Morgan fingerprint density at radius 3 is 2.84 bits per heavy atom. The molecule has 25 heavy (non-hydrogen) atoms. The summed E-state index contributed by atoms with van der Waals surface area (Å²) in [5.41, 5.74) is 0.984. The van der Waals surface area contributed by atoms with Gasteiger partial charge in [0.15, 0.2) is 0 Å². The lowest BCUT2D eigenvalue weighted by Gasteiger charge is -2.34. The summed E-state index contributed by atoms with van der Waals surface area (Å²) in [5.74, 6) is 0.776. The standard InChI is InChI=1S/C20H23NO4/c1-14(20(22)23)9-15-5-4-6-17(10-15)24-13-16-11-18(12-16)25-19-7-2-3-8-21-19/h2-8,10,14,16,18H,9,11-13H2,1H3,(H,22,23). The molecule has 1 fully saturated rings. The highest BCUT2D eigenvalue weighted by atomic mass is 16.5. The number of hydrogen-bond acceptors (Lipinski definition) is 4. The Balaban J connectivity index is 1.42. The van der Waals surface area contributed by atoms with Crippen molar-refractivity contribution in [3.8, 4) is 11.6 Å². The van der Waals surface area contributed by atoms with E-state index in [1.54, 1.807) is 13.1 Å². The van der Waals surface area contributed by atoms with E-state index in [0.29, 0.717) is 24.8 Å². The minimum atomic E-state index is -0.778. The van der Waals surface area contributed by atoms with Gasteiger partial charge in [-0.15, -0.1) is 0 Å². The maximum Gasteiger partial charge on any atom is 0.306 e. The van der Waals surface area contributed by atoms with Crippen LogP contribution in [-0.2, 0) is 11.2 Å². The van der Waals surface area contributed by atoms with E-state index in [1.165, 1.54) is 0 Å². The summed E-state index contributed by atoms with van der Waals surface area (Å²) < 4.78 is 11.7. The van der Waals surface area contributed by atoms with Crippen molar-refractivity contribution in [1.82, 2.24) is 4.98 Å². The Morgan fingerprint density at radius 2 is 2.12 bits per heavy atom. The molecule has 1 unspecified atom stereocenters. The van der Waals surface area contributed by atoms with Crippen molar-refractivity contribution in [3.05, 3.63) is 54.2 Å². The van der Waals surface area contributed by atoms with E-state index in [-0.39, 0.29) is 6.10 Å². The molecule has 3 rings (SSSR count). The monoisotopic (exact) mass is 341 g/mol. The van der Waals surface area contributed by atoms with Gasteiger partial charge in [0, 0.05) is 12.3 Å². The van der Waals surface area contributed by atoms with Gasteiger partial charge in [0.2, 0.25) is 5.88 Å². The van der Waals surface area contributed by atoms with Crippen LogP contribution in [0.15, 0.2) is 48.7 Å². The van der Waals surface area contributed by atoms with Gasteiger partial charge < -0.3 is 14.6 Å². The van der Waals surface area contributed by atoms with Crippen molar-refractivity contribution in [2.75, 3.05) is 6.61 Å². The Hall–Kier alpha value is -2.56. The smallest absolute Gasteiger partial charge is 0.306 e. The minimum absolute atomic E-state index is 0.214. The molecule has 5 nitrogen and oxygen atoms in total. The third-order valence-electron chi connectivity index (χ3n) is 4.47. The van der Waals surface area contributed by atoms with Crippen molar-refractivity contribution in [2.45, 2.75) is 32.3 Å². The average molecular weight is 341 g/mol. The van der Waals surface area contributed by atoms with Crippen molar-refractivity contribution in [3.63, 3.8) is 0 Å². The van der Waals surface area contributed by atoms with Gasteiger partial charge in [-0.05, 0) is 48.9 Å². The highest BCUT2D eigenvalue weighted by Crippen LogP contribution is 2.31. The molecule has 132 valence electrons. The fourth-order valence-corrected chi connectivity index (χ4v) is 2.91. The minimum Gasteiger partial charge on any atom is -0.493 e. The largest absolute Gasteiger partial charge is 0.493 e. The van der Waals surface area contributed by atoms with Crippen LogP contribution in [0.25, 0.3) is 0 Å². The molecule has 1 atom stereocenters. The fourth-order valence-electron chi connectivity index (χ4n) is 2.91. The number of carbonyl (C=O) groups is 1. The number of carboxylic acid groups (broad SMARTS) is 1. The molecule has 1 aliphatic rings. The van der Waals surface area contributed by atoms with Crippen LogP contribution in [0.3, 0.4) is 0 Å². The number of nitrogens with zero attached hydrogens (tertiary/aromatic N) is 1. The van der Waals surface area contributed by atoms with Crippen molar-refractivity contribution in [2.24, 2.45) is 11.8 Å². The average Bonchev–Trinajstić information content (AvgIpc) is 2.58. The predicted molar refractivity (Wildman–Crippen MR) is 93.8 cm³/mol. The highest BCUT2D eigenvalue weighted by molar-refractivity contribution is 5.69. The molecule has 0 radical (unpaired) electrons. The lowest BCUT2D eigenvalue weighted by atomic mass is 9.83. The Kier molecular flexibility index (Phi) is 5.53. The topological polar surface area (TPSA) is 68.7 Å². The highest BCUT2D eigenvalue weighted by Gasteiger charge is 2.31. The third-order valence-corrected chi connectivity index (χ3v) is 4.47. The first-order chi connectivity index (χ1) is 12.1. The molecule has 0 spiro atoms. The van der Waals surface area contributed by atoms with Crippen LogP contribution < -0.4 is 9.47 Å². The van der Waals surface area contributed by atoms with Crippen LogP contribution in [0.5, 0.6) is 11.6 Å². The van der Waals surface area contributed by atoms with Gasteiger partial charge in [0.1, 0.15) is 11.9 Å². The summed E-state index contributed by atoms with van der Waals surface area (Å²) in [6, 6.07) is 13.3. The summed E-state index contributed by atoms with van der Waals surface area (Å²) in [6.45, 7) is 2.37. The summed E-state index contributed by atoms with van der Waals surface area (Å²) in [5, 5.41) is 9.01. The normalized spacial score (nSPS) is 20.4. The zero-order chi connectivity index (χ0) is 17.6. The van der Waals surface area contributed by atoms with E-state index in [4.69, 9.17) is 14.6 Å². The zero-order valence-electron chi connectivity index (χ0n) is 14.3. The number of pyridine rings is 1. The summed E-state index contributed by atoms with van der Waals surface area (Å²) in [4.78, 5) is 15.1. The van der Waals surface area contributed by atoms with E-state index in [0.717, 1.165) is 24.2 Å². The maximum absolute atomic E-state index is 11.0. The van der Waals surface area contributed by atoms with Crippen LogP contribution in [0.1, 0.15) is 25.3 Å². The van der Waals surface area contributed by atoms with E-state index in [2.05, 4.69) is 4.98 Å². The summed E-state index contributed by atoms with van der Waals surface area (Å²) in [6.07, 6.45) is 4.38. The maximum atomic E-state index is 11.0. The quantitative estimate of drug-likeness (QED) is 0.795. The van der Waals surface area contributed by atoms with Gasteiger partial charge in [-0.3, -0.25) is 4.79 Å². The van der Waals surface area contributed by atoms with Crippen LogP contribution in [0.4, 0.5) is 0 Å². The van der Waals surface area contributed by atoms with Gasteiger partial charge in [0.25, 0.3) is 0 Å². The number of rotatable bonds is 8. The zero-order valence-corrected chi connectivity index (χ0v) is 14.3. The van der Waals surface area contributed by atoms with Gasteiger partial charge in [-0.1, -0.05) is 25.1 Å². The molecule has 1 saturated carbocycles.